The molecule has 0 radical (unpaired) electrons. The number of rotatable bonds is 2. The summed E-state index contributed by atoms with van der Waals surface area (Å²) in [5.74, 6) is 0.301. The van der Waals surface area contributed by atoms with Gasteiger partial charge in [-0.05, 0) is 18.1 Å². The highest BCUT2D eigenvalue weighted by atomic mass is 35.5. The number of Topliss-reactive ketones (excluding diaryl/α,β-unsaturated/α-hetero) is 1. The molecule has 1 amide bonds. The third kappa shape index (κ3) is 1.93. The highest BCUT2D eigenvalue weighted by Crippen LogP contribution is 2.38. The Kier molecular flexibility index (Phi) is 2.97. The molecule has 3 aliphatic rings. The summed E-state index contributed by atoms with van der Waals surface area (Å²) in [4.78, 5) is 25.8. The molecule has 4 rings (SSSR count). The van der Waals surface area contributed by atoms with Crippen LogP contribution in [0.15, 0.2) is 35.9 Å². The third-order valence-corrected chi connectivity index (χ3v) is 4.46. The maximum absolute atomic E-state index is 12.2. The van der Waals surface area contributed by atoms with Gasteiger partial charge in [-0.15, -0.1) is 0 Å². The normalized spacial score (nSPS) is 22.1. The molecule has 1 atom stereocenters. The summed E-state index contributed by atoms with van der Waals surface area (Å²) < 4.78 is 10.6. The van der Waals surface area contributed by atoms with E-state index in [4.69, 9.17) is 21.1 Å². The van der Waals surface area contributed by atoms with Crippen LogP contribution in [0, 0.1) is 0 Å². The van der Waals surface area contributed by atoms with Gasteiger partial charge < -0.3 is 14.4 Å². The number of carbonyl (C=O) groups excluding carboxylic acids is 2. The number of allylic oxidation sites excluding steroid dienone is 2. The van der Waals surface area contributed by atoms with Crippen molar-refractivity contribution in [3.05, 3.63) is 46.5 Å². The number of ether oxygens (including phenoxy) is 2. The number of carbonyl (C=O) groups is 2. The van der Waals surface area contributed by atoms with Gasteiger partial charge in [0, 0.05) is 23.2 Å². The monoisotopic (exact) mass is 317 g/mol. The van der Waals surface area contributed by atoms with Crippen LogP contribution in [0.5, 0.6) is 11.5 Å². The van der Waals surface area contributed by atoms with Crippen LogP contribution < -0.4 is 9.47 Å². The van der Waals surface area contributed by atoms with E-state index in [0.717, 1.165) is 5.56 Å². The van der Waals surface area contributed by atoms with Crippen molar-refractivity contribution in [2.45, 2.75) is 19.0 Å². The van der Waals surface area contributed by atoms with E-state index in [1.54, 1.807) is 23.1 Å². The molecule has 1 aromatic rings. The van der Waals surface area contributed by atoms with Crippen molar-refractivity contribution < 1.29 is 19.1 Å². The number of fused-ring (bicyclic) bond motifs is 2. The van der Waals surface area contributed by atoms with Gasteiger partial charge in [-0.25, -0.2) is 0 Å². The Morgan fingerprint density at radius 2 is 2.00 bits per heavy atom. The smallest absolute Gasteiger partial charge is 0.295 e. The summed E-state index contributed by atoms with van der Waals surface area (Å²) in [6.45, 7) is 0.437. The maximum atomic E-state index is 12.2. The Morgan fingerprint density at radius 3 is 2.82 bits per heavy atom. The molecule has 112 valence electrons. The number of nitrogens with zero attached hydrogens (tertiary/aromatic N) is 1. The van der Waals surface area contributed by atoms with E-state index >= 15 is 0 Å². The molecule has 0 bridgehead atoms. The molecule has 1 aromatic carbocycles. The lowest BCUT2D eigenvalue weighted by Gasteiger charge is -2.25. The zero-order valence-electron chi connectivity index (χ0n) is 11.5. The first-order chi connectivity index (χ1) is 10.6. The molecule has 5 nitrogen and oxygen atoms in total. The predicted octanol–water partition coefficient (Wildman–Crippen LogP) is 2.23. The standard InChI is InChI=1S/C16H12ClNO4/c17-11-6-14-13(21-8-22-14)5-9(11)7-18-12-4-2-1-3-10(12)15(19)16(18)20/h1-3,5-6,12H,4,7-8H2. The van der Waals surface area contributed by atoms with Gasteiger partial charge in [-0.3, -0.25) is 9.59 Å². The number of halogens is 1. The minimum Gasteiger partial charge on any atom is -0.454 e. The van der Waals surface area contributed by atoms with Crippen molar-refractivity contribution in [1.82, 2.24) is 4.90 Å². The van der Waals surface area contributed by atoms with Crippen LogP contribution in [-0.4, -0.2) is 29.4 Å². The lowest BCUT2D eigenvalue weighted by Crippen LogP contribution is -2.33. The molecular formula is C16H12ClNO4. The summed E-state index contributed by atoms with van der Waals surface area (Å²) in [5.41, 5.74) is 1.30. The van der Waals surface area contributed by atoms with Crippen LogP contribution in [0.4, 0.5) is 0 Å². The Bertz CT molecular complexity index is 753. The molecule has 0 N–H and O–H groups in total. The zero-order chi connectivity index (χ0) is 15.3. The number of likely N-dealkylation sites (tertiary alicyclic amines) is 1. The van der Waals surface area contributed by atoms with Crippen molar-refractivity contribution in [1.29, 1.82) is 0 Å². The van der Waals surface area contributed by atoms with Gasteiger partial charge in [0.1, 0.15) is 0 Å². The highest BCUT2D eigenvalue weighted by Gasteiger charge is 2.42. The van der Waals surface area contributed by atoms with E-state index in [-0.39, 0.29) is 19.4 Å². The van der Waals surface area contributed by atoms with Crippen LogP contribution in [-0.2, 0) is 16.1 Å². The van der Waals surface area contributed by atoms with E-state index in [9.17, 15) is 9.59 Å². The van der Waals surface area contributed by atoms with E-state index < -0.39 is 11.7 Å². The van der Waals surface area contributed by atoms with E-state index in [2.05, 4.69) is 0 Å². The zero-order valence-corrected chi connectivity index (χ0v) is 12.3. The third-order valence-electron chi connectivity index (χ3n) is 4.11. The quantitative estimate of drug-likeness (QED) is 0.785. The van der Waals surface area contributed by atoms with Gasteiger partial charge in [-0.1, -0.05) is 29.8 Å². The fourth-order valence-electron chi connectivity index (χ4n) is 2.98. The molecule has 1 saturated heterocycles. The second kappa shape index (κ2) is 4.88. The summed E-state index contributed by atoms with van der Waals surface area (Å²) in [6.07, 6.45) is 6.13. The first kappa shape index (κ1) is 13.4. The molecule has 2 aliphatic heterocycles. The van der Waals surface area contributed by atoms with E-state index in [1.807, 2.05) is 12.2 Å². The van der Waals surface area contributed by atoms with Gasteiger partial charge in [0.15, 0.2) is 11.5 Å². The average molecular weight is 318 g/mol. The summed E-state index contributed by atoms with van der Waals surface area (Å²) in [7, 11) is 0. The van der Waals surface area contributed by atoms with Gasteiger partial charge in [0.2, 0.25) is 12.6 Å². The molecule has 1 unspecified atom stereocenters. The number of ketones is 1. The maximum Gasteiger partial charge on any atom is 0.295 e. The number of hydrogen-bond acceptors (Lipinski definition) is 4. The molecule has 1 aliphatic carbocycles. The minimum absolute atomic E-state index is 0.163. The molecule has 0 saturated carbocycles. The Morgan fingerprint density at radius 1 is 1.23 bits per heavy atom. The summed E-state index contributed by atoms with van der Waals surface area (Å²) in [5, 5.41) is 0.494. The molecule has 22 heavy (non-hydrogen) atoms. The second-order valence-corrected chi connectivity index (χ2v) is 5.77. The first-order valence-corrected chi connectivity index (χ1v) is 7.33. The van der Waals surface area contributed by atoms with Crippen LogP contribution in [0.2, 0.25) is 5.02 Å². The lowest BCUT2D eigenvalue weighted by molar-refractivity contribution is -0.140. The van der Waals surface area contributed by atoms with Crippen LogP contribution >= 0.6 is 11.6 Å². The Balaban J connectivity index is 1.66. The predicted molar refractivity (Wildman–Crippen MR) is 78.8 cm³/mol. The Labute approximate surface area is 131 Å². The second-order valence-electron chi connectivity index (χ2n) is 5.36. The van der Waals surface area contributed by atoms with Gasteiger partial charge in [0.05, 0.1) is 6.04 Å². The van der Waals surface area contributed by atoms with Crippen LogP contribution in [0.3, 0.4) is 0 Å². The first-order valence-electron chi connectivity index (χ1n) is 6.95. The molecule has 0 aromatic heterocycles. The SMILES string of the molecule is O=C1C(=O)N(Cc2cc3c(cc2Cl)OCO3)C2CC=CC=C12. The van der Waals surface area contributed by atoms with Crippen molar-refractivity contribution in [3.8, 4) is 11.5 Å². The van der Waals surface area contributed by atoms with Crippen molar-refractivity contribution in [2.75, 3.05) is 6.79 Å². The van der Waals surface area contributed by atoms with Crippen LogP contribution in [0.25, 0.3) is 0 Å². The summed E-state index contributed by atoms with van der Waals surface area (Å²) in [6, 6.07) is 3.24. The molecule has 2 heterocycles. The largest absolute Gasteiger partial charge is 0.454 e. The van der Waals surface area contributed by atoms with Crippen molar-refractivity contribution >= 4 is 23.3 Å². The highest BCUT2D eigenvalue weighted by molar-refractivity contribution is 6.45. The molecule has 6 heteroatoms. The number of benzene rings is 1. The lowest BCUT2D eigenvalue weighted by atomic mass is 9.99. The van der Waals surface area contributed by atoms with E-state index in [1.165, 1.54) is 0 Å². The molecule has 1 fully saturated rings. The molecule has 0 spiro atoms. The van der Waals surface area contributed by atoms with Crippen LogP contribution in [0.1, 0.15) is 12.0 Å². The fraction of sp³-hybridized carbons (Fsp3) is 0.250. The Hall–Kier alpha value is -2.27. The average Bonchev–Trinajstić information content (AvgIpc) is 3.06. The number of hydrogen-bond donors (Lipinski definition) is 0. The van der Waals surface area contributed by atoms with E-state index in [0.29, 0.717) is 28.5 Å². The van der Waals surface area contributed by atoms with Gasteiger partial charge in [0.25, 0.3) is 5.91 Å². The minimum atomic E-state index is -0.478. The van der Waals surface area contributed by atoms with Crippen molar-refractivity contribution in [3.63, 3.8) is 0 Å². The van der Waals surface area contributed by atoms with Gasteiger partial charge >= 0.3 is 0 Å². The topological polar surface area (TPSA) is 55.8 Å². The van der Waals surface area contributed by atoms with Crippen molar-refractivity contribution in [2.24, 2.45) is 0 Å². The van der Waals surface area contributed by atoms with Gasteiger partial charge in [-0.2, -0.15) is 0 Å². The number of amides is 1. The summed E-state index contributed by atoms with van der Waals surface area (Å²) >= 11 is 6.26. The fourth-order valence-corrected chi connectivity index (χ4v) is 3.19. The molecular weight excluding hydrogens is 306 g/mol.